The smallest absolute Gasteiger partial charge is 0.262 e. The van der Waals surface area contributed by atoms with E-state index in [1.807, 2.05) is 30.3 Å². The Balaban J connectivity index is 1.60. The average Bonchev–Trinajstić information content (AvgIpc) is 3.33. The highest BCUT2D eigenvalue weighted by atomic mass is 32.2. The molecule has 2 fully saturated rings. The van der Waals surface area contributed by atoms with Gasteiger partial charge in [0.05, 0.1) is 12.4 Å². The van der Waals surface area contributed by atoms with Crippen LogP contribution in [0.2, 0.25) is 0 Å². The van der Waals surface area contributed by atoms with Crippen molar-refractivity contribution in [3.05, 3.63) is 48.4 Å². The van der Waals surface area contributed by atoms with Crippen LogP contribution >= 0.6 is 0 Å². The predicted octanol–water partition coefficient (Wildman–Crippen LogP) is 0.467. The number of methoxy groups -OCH3 is 1. The first-order valence-electron chi connectivity index (χ1n) is 8.77. The third-order valence-electron chi connectivity index (χ3n) is 5.35. The van der Waals surface area contributed by atoms with Crippen LogP contribution < -0.4 is 0 Å². The first-order valence-corrected chi connectivity index (χ1v) is 10.2. The van der Waals surface area contributed by atoms with Crippen LogP contribution in [0.3, 0.4) is 0 Å². The molecule has 0 spiro atoms. The van der Waals surface area contributed by atoms with Gasteiger partial charge in [-0.3, -0.25) is 4.79 Å². The number of carbonyl (C=O) groups is 1. The zero-order valence-corrected chi connectivity index (χ0v) is 16.0. The Hall–Kier alpha value is -2.23. The number of aromatic nitrogens is 2. The van der Waals surface area contributed by atoms with Gasteiger partial charge in [0.2, 0.25) is 0 Å². The third kappa shape index (κ3) is 3.05. The maximum absolute atomic E-state index is 12.9. The van der Waals surface area contributed by atoms with Gasteiger partial charge in [0.1, 0.15) is 6.10 Å². The van der Waals surface area contributed by atoms with E-state index in [-0.39, 0.29) is 36.0 Å². The Morgan fingerprint density at radius 3 is 2.59 bits per heavy atom. The molecule has 2 aliphatic rings. The van der Waals surface area contributed by atoms with Crippen molar-refractivity contribution in [2.45, 2.75) is 23.7 Å². The number of hydrogen-bond acceptors (Lipinski definition) is 5. The second kappa shape index (κ2) is 6.74. The van der Waals surface area contributed by atoms with Crippen LogP contribution in [0.4, 0.5) is 0 Å². The molecule has 144 valence electrons. The summed E-state index contributed by atoms with van der Waals surface area (Å²) in [7, 11) is -0.468. The Morgan fingerprint density at radius 2 is 1.96 bits per heavy atom. The van der Waals surface area contributed by atoms with Crippen LogP contribution in [0, 0.1) is 5.92 Å². The lowest BCUT2D eigenvalue weighted by atomic mass is 10.0. The highest BCUT2D eigenvalue weighted by Gasteiger charge is 2.55. The topological polar surface area (TPSA) is 84.7 Å². The first kappa shape index (κ1) is 18.1. The number of aryl methyl sites for hydroxylation is 1. The van der Waals surface area contributed by atoms with Gasteiger partial charge < -0.3 is 14.2 Å². The highest BCUT2D eigenvalue weighted by Crippen LogP contribution is 2.37. The Kier molecular flexibility index (Phi) is 4.53. The standard InChI is InChI=1S/C18H22N4O4S/c1-20-11-16(19-12-20)27(24,25)21-9-14-15(10-21)22(18(23)17(14)26-2)8-13-6-4-3-5-7-13/h3-7,11-12,14-15,17H,8-10H2,1-2H3/t14-,15+,17-/m0/s1. The molecule has 1 amide bonds. The minimum absolute atomic E-state index is 0.0277. The van der Waals surface area contributed by atoms with Gasteiger partial charge in [-0.25, -0.2) is 13.4 Å². The molecule has 0 radical (unpaired) electrons. The summed E-state index contributed by atoms with van der Waals surface area (Å²) in [6.45, 7) is 0.944. The van der Waals surface area contributed by atoms with Gasteiger partial charge in [-0.1, -0.05) is 30.3 Å². The van der Waals surface area contributed by atoms with Crippen LogP contribution in [0.5, 0.6) is 0 Å². The van der Waals surface area contributed by atoms with E-state index in [1.165, 1.54) is 23.9 Å². The van der Waals surface area contributed by atoms with E-state index in [0.717, 1.165) is 5.56 Å². The van der Waals surface area contributed by atoms with Crippen molar-refractivity contribution >= 4 is 15.9 Å². The maximum Gasteiger partial charge on any atom is 0.262 e. The fourth-order valence-corrected chi connectivity index (χ4v) is 5.48. The molecule has 0 N–H and O–H groups in total. The van der Waals surface area contributed by atoms with Crippen molar-refractivity contribution in [2.75, 3.05) is 20.2 Å². The van der Waals surface area contributed by atoms with Crippen molar-refractivity contribution in [1.82, 2.24) is 18.8 Å². The molecule has 4 rings (SSSR count). The molecule has 2 aliphatic heterocycles. The Bertz CT molecular complexity index is 943. The quantitative estimate of drug-likeness (QED) is 0.741. The van der Waals surface area contributed by atoms with Gasteiger partial charge in [0.15, 0.2) is 5.03 Å². The van der Waals surface area contributed by atoms with Crippen molar-refractivity contribution in [3.63, 3.8) is 0 Å². The monoisotopic (exact) mass is 390 g/mol. The fourth-order valence-electron chi connectivity index (χ4n) is 4.01. The molecular weight excluding hydrogens is 368 g/mol. The van der Waals surface area contributed by atoms with E-state index in [1.54, 1.807) is 16.5 Å². The maximum atomic E-state index is 12.9. The number of nitrogens with zero attached hydrogens (tertiary/aromatic N) is 4. The summed E-state index contributed by atoms with van der Waals surface area (Å²) in [6, 6.07) is 9.48. The van der Waals surface area contributed by atoms with Gasteiger partial charge in [-0.15, -0.1) is 0 Å². The van der Waals surface area contributed by atoms with Crippen molar-refractivity contribution in [3.8, 4) is 0 Å². The summed E-state index contributed by atoms with van der Waals surface area (Å²) < 4.78 is 34.3. The van der Waals surface area contributed by atoms with Gasteiger partial charge >= 0.3 is 0 Å². The minimum atomic E-state index is -3.70. The van der Waals surface area contributed by atoms with Crippen LogP contribution in [0.15, 0.2) is 47.9 Å². The van der Waals surface area contributed by atoms with Crippen LogP contribution in [0.25, 0.3) is 0 Å². The molecule has 0 saturated carbocycles. The lowest BCUT2D eigenvalue weighted by molar-refractivity contribution is -0.138. The van der Waals surface area contributed by atoms with Crippen LogP contribution in [-0.4, -0.2) is 65.4 Å². The summed E-state index contributed by atoms with van der Waals surface area (Å²) >= 11 is 0. The molecule has 9 heteroatoms. The predicted molar refractivity (Wildman–Crippen MR) is 97.0 cm³/mol. The molecule has 3 atom stereocenters. The number of imidazole rings is 1. The number of rotatable bonds is 5. The second-order valence-corrected chi connectivity index (χ2v) is 8.92. The molecular formula is C18H22N4O4S. The molecule has 1 aromatic carbocycles. The largest absolute Gasteiger partial charge is 0.371 e. The molecule has 8 nitrogen and oxygen atoms in total. The molecule has 1 aromatic heterocycles. The number of fused-ring (bicyclic) bond motifs is 1. The fraction of sp³-hybridized carbons (Fsp3) is 0.444. The van der Waals surface area contributed by atoms with Crippen molar-refractivity contribution in [1.29, 1.82) is 0 Å². The van der Waals surface area contributed by atoms with Gasteiger partial charge in [-0.2, -0.15) is 4.31 Å². The third-order valence-corrected chi connectivity index (χ3v) is 7.07. The molecule has 2 saturated heterocycles. The molecule has 0 bridgehead atoms. The summed E-state index contributed by atoms with van der Waals surface area (Å²) in [5, 5.41) is 0.0277. The van der Waals surface area contributed by atoms with E-state index in [2.05, 4.69) is 4.98 Å². The number of carbonyl (C=O) groups excluding carboxylic acids is 1. The van der Waals surface area contributed by atoms with E-state index < -0.39 is 16.1 Å². The van der Waals surface area contributed by atoms with Crippen molar-refractivity contribution < 1.29 is 17.9 Å². The number of sulfonamides is 1. The van der Waals surface area contributed by atoms with E-state index in [9.17, 15) is 13.2 Å². The summed E-state index contributed by atoms with van der Waals surface area (Å²) in [4.78, 5) is 18.5. The van der Waals surface area contributed by atoms with Crippen molar-refractivity contribution in [2.24, 2.45) is 13.0 Å². The molecule has 0 aliphatic carbocycles. The lowest BCUT2D eigenvalue weighted by Crippen LogP contribution is -2.40. The summed E-state index contributed by atoms with van der Waals surface area (Å²) in [5.74, 6) is -0.268. The molecule has 0 unspecified atom stereocenters. The van der Waals surface area contributed by atoms with E-state index >= 15 is 0 Å². The van der Waals surface area contributed by atoms with Gasteiger partial charge in [-0.05, 0) is 5.56 Å². The van der Waals surface area contributed by atoms with Gasteiger partial charge in [0.25, 0.3) is 15.9 Å². The first-order chi connectivity index (χ1) is 12.9. The molecule has 27 heavy (non-hydrogen) atoms. The lowest BCUT2D eigenvalue weighted by Gasteiger charge is -2.25. The second-order valence-electron chi connectivity index (χ2n) is 7.04. The summed E-state index contributed by atoms with van der Waals surface area (Å²) in [6.07, 6.45) is 2.33. The number of amides is 1. The SMILES string of the molecule is CO[C@@H]1C(=O)N(Cc2ccccc2)[C@@H]2CN(S(=O)(=O)c3cn(C)cn3)C[C@H]12. The minimum Gasteiger partial charge on any atom is -0.371 e. The number of benzene rings is 1. The van der Waals surface area contributed by atoms with Crippen LogP contribution in [-0.2, 0) is 33.1 Å². The van der Waals surface area contributed by atoms with E-state index in [0.29, 0.717) is 6.54 Å². The zero-order valence-electron chi connectivity index (χ0n) is 15.2. The normalized spacial score (nSPS) is 25.9. The average molecular weight is 390 g/mol. The van der Waals surface area contributed by atoms with Gasteiger partial charge in [0, 0.05) is 45.9 Å². The van der Waals surface area contributed by atoms with Crippen LogP contribution in [0.1, 0.15) is 5.56 Å². The number of hydrogen-bond donors (Lipinski definition) is 0. The van der Waals surface area contributed by atoms with E-state index in [4.69, 9.17) is 4.74 Å². The Morgan fingerprint density at radius 1 is 1.22 bits per heavy atom. The number of ether oxygens (including phenoxy) is 1. The number of likely N-dealkylation sites (tertiary alicyclic amines) is 1. The Labute approximate surface area is 158 Å². The molecule has 2 aromatic rings. The molecule has 3 heterocycles. The summed E-state index contributed by atoms with van der Waals surface area (Å²) in [5.41, 5.74) is 1.01. The highest BCUT2D eigenvalue weighted by molar-refractivity contribution is 7.89. The zero-order chi connectivity index (χ0) is 19.2.